The molecule has 0 aliphatic carbocycles. The van der Waals surface area contributed by atoms with Crippen molar-refractivity contribution in [3.8, 4) is 28.0 Å². The second kappa shape index (κ2) is 14.6. The molecule has 0 spiro atoms. The van der Waals surface area contributed by atoms with Gasteiger partial charge in [0.2, 0.25) is 0 Å². The Hall–Kier alpha value is -2.61. The fourth-order valence-electron chi connectivity index (χ4n) is 4.35. The minimum absolute atomic E-state index is 0.193. The van der Waals surface area contributed by atoms with E-state index in [0.29, 0.717) is 5.56 Å². The Bertz CT molecular complexity index is 959. The quantitative estimate of drug-likeness (QED) is 0.205. The molecular weight excluding hydrogens is 419 g/mol. The molecule has 2 heteroatoms. The van der Waals surface area contributed by atoms with Gasteiger partial charge in [-0.15, -0.1) is 0 Å². The van der Waals surface area contributed by atoms with Crippen LogP contribution in [0.1, 0.15) is 83.6 Å². The first-order valence-corrected chi connectivity index (χ1v) is 13.3. The highest BCUT2D eigenvalue weighted by atomic mass is 19.1. The van der Waals surface area contributed by atoms with Gasteiger partial charge >= 0.3 is 0 Å². The predicted molar refractivity (Wildman–Crippen MR) is 144 cm³/mol. The third-order valence-corrected chi connectivity index (χ3v) is 6.51. The first-order valence-electron chi connectivity index (χ1n) is 13.3. The van der Waals surface area contributed by atoms with Crippen LogP contribution in [0.2, 0.25) is 0 Å². The Balaban J connectivity index is 1.53. The van der Waals surface area contributed by atoms with Crippen molar-refractivity contribution >= 4 is 0 Å². The molecule has 3 aromatic rings. The summed E-state index contributed by atoms with van der Waals surface area (Å²) in [4.78, 5) is 0. The van der Waals surface area contributed by atoms with Crippen LogP contribution in [0, 0.1) is 5.82 Å². The van der Waals surface area contributed by atoms with Gasteiger partial charge in [-0.05, 0) is 59.7 Å². The molecular formula is C32H41FO. The maximum absolute atomic E-state index is 15.0. The molecule has 0 bridgehead atoms. The topological polar surface area (TPSA) is 9.23 Å². The molecule has 1 nitrogen and oxygen atoms in total. The van der Waals surface area contributed by atoms with E-state index >= 15 is 0 Å². The molecule has 0 fully saturated rings. The van der Waals surface area contributed by atoms with Gasteiger partial charge < -0.3 is 4.74 Å². The molecule has 0 saturated carbocycles. The average molecular weight is 461 g/mol. The van der Waals surface area contributed by atoms with Crippen molar-refractivity contribution in [3.63, 3.8) is 0 Å². The van der Waals surface area contributed by atoms with Crippen LogP contribution in [-0.2, 0) is 6.42 Å². The fraction of sp³-hybridized carbons (Fsp3) is 0.438. The van der Waals surface area contributed by atoms with Crippen molar-refractivity contribution in [3.05, 3.63) is 78.1 Å². The monoisotopic (exact) mass is 460 g/mol. The number of hydrogen-bond acceptors (Lipinski definition) is 1. The minimum atomic E-state index is -0.193. The normalized spacial score (nSPS) is 11.0. The summed E-state index contributed by atoms with van der Waals surface area (Å²) < 4.78 is 20.8. The molecule has 0 unspecified atom stereocenters. The zero-order chi connectivity index (χ0) is 24.0. The van der Waals surface area contributed by atoms with Gasteiger partial charge in [-0.1, -0.05) is 114 Å². The second-order valence-corrected chi connectivity index (χ2v) is 9.34. The van der Waals surface area contributed by atoms with E-state index in [0.717, 1.165) is 41.9 Å². The van der Waals surface area contributed by atoms with Gasteiger partial charge in [0.1, 0.15) is 11.6 Å². The van der Waals surface area contributed by atoms with E-state index in [2.05, 4.69) is 38.1 Å². The molecule has 0 saturated heterocycles. The lowest BCUT2D eigenvalue weighted by atomic mass is 9.98. The smallest absolute Gasteiger partial charge is 0.131 e. The number of rotatable bonds is 15. The maximum atomic E-state index is 15.0. The van der Waals surface area contributed by atoms with Crippen molar-refractivity contribution in [2.24, 2.45) is 0 Å². The van der Waals surface area contributed by atoms with Crippen LogP contribution in [0.4, 0.5) is 4.39 Å². The Morgan fingerprint density at radius 2 is 1.18 bits per heavy atom. The Morgan fingerprint density at radius 1 is 0.588 bits per heavy atom. The molecule has 0 aliphatic rings. The Kier molecular flexibility index (Phi) is 11.2. The fourth-order valence-corrected chi connectivity index (χ4v) is 4.35. The standard InChI is InChI=1S/C32H41FO/c1-3-5-7-9-10-12-24-34-30-21-18-28(19-22-30)31-23-20-29(25-32(31)33)27-16-14-26(15-17-27)13-11-8-6-4-2/h14-23,25H,3-13,24H2,1-2H3. The number of benzene rings is 3. The lowest BCUT2D eigenvalue weighted by Crippen LogP contribution is -1.97. The van der Waals surface area contributed by atoms with Crippen molar-refractivity contribution in [2.45, 2.75) is 84.5 Å². The molecule has 182 valence electrons. The summed E-state index contributed by atoms with van der Waals surface area (Å²) in [6, 6.07) is 21.9. The third kappa shape index (κ3) is 8.31. The molecule has 0 atom stereocenters. The first-order chi connectivity index (χ1) is 16.7. The Labute approximate surface area is 206 Å². The molecule has 3 aromatic carbocycles. The molecule has 0 N–H and O–H groups in total. The zero-order valence-corrected chi connectivity index (χ0v) is 21.1. The highest BCUT2D eigenvalue weighted by Crippen LogP contribution is 2.29. The summed E-state index contributed by atoms with van der Waals surface area (Å²) in [5.74, 6) is 0.658. The van der Waals surface area contributed by atoms with Crippen LogP contribution in [0.15, 0.2) is 66.7 Å². The van der Waals surface area contributed by atoms with Gasteiger partial charge in [0.05, 0.1) is 6.61 Å². The van der Waals surface area contributed by atoms with Crippen LogP contribution in [-0.4, -0.2) is 6.61 Å². The number of ether oxygens (including phenoxy) is 1. The largest absolute Gasteiger partial charge is 0.494 e. The van der Waals surface area contributed by atoms with Crippen LogP contribution in [0.25, 0.3) is 22.3 Å². The number of aryl methyl sites for hydroxylation is 1. The van der Waals surface area contributed by atoms with Gasteiger partial charge in [0.15, 0.2) is 0 Å². The molecule has 34 heavy (non-hydrogen) atoms. The molecule has 0 radical (unpaired) electrons. The number of hydrogen-bond donors (Lipinski definition) is 0. The average Bonchev–Trinajstić information content (AvgIpc) is 2.87. The lowest BCUT2D eigenvalue weighted by molar-refractivity contribution is 0.304. The molecule has 0 heterocycles. The Morgan fingerprint density at radius 3 is 1.85 bits per heavy atom. The van der Waals surface area contributed by atoms with Crippen molar-refractivity contribution in [1.82, 2.24) is 0 Å². The molecule has 0 amide bonds. The summed E-state index contributed by atoms with van der Waals surface area (Å²) in [5, 5.41) is 0. The van der Waals surface area contributed by atoms with Gasteiger partial charge in [0.25, 0.3) is 0 Å². The van der Waals surface area contributed by atoms with E-state index in [1.807, 2.05) is 36.4 Å². The summed E-state index contributed by atoms with van der Waals surface area (Å²) >= 11 is 0. The minimum Gasteiger partial charge on any atom is -0.494 e. The van der Waals surface area contributed by atoms with E-state index in [1.54, 1.807) is 6.07 Å². The maximum Gasteiger partial charge on any atom is 0.131 e. The van der Waals surface area contributed by atoms with Crippen molar-refractivity contribution < 1.29 is 9.13 Å². The van der Waals surface area contributed by atoms with Crippen LogP contribution >= 0.6 is 0 Å². The van der Waals surface area contributed by atoms with Gasteiger partial charge in [-0.2, -0.15) is 0 Å². The van der Waals surface area contributed by atoms with E-state index in [9.17, 15) is 4.39 Å². The summed E-state index contributed by atoms with van der Waals surface area (Å²) in [6.07, 6.45) is 13.7. The van der Waals surface area contributed by atoms with E-state index < -0.39 is 0 Å². The SMILES string of the molecule is CCCCCCCCOc1ccc(-c2ccc(-c3ccc(CCCCCC)cc3)cc2F)cc1. The third-order valence-electron chi connectivity index (χ3n) is 6.51. The predicted octanol–water partition coefficient (Wildman–Crippen LogP) is 10.0. The van der Waals surface area contributed by atoms with Gasteiger partial charge in [-0.25, -0.2) is 4.39 Å². The van der Waals surface area contributed by atoms with Crippen molar-refractivity contribution in [1.29, 1.82) is 0 Å². The number of unbranched alkanes of at least 4 members (excludes halogenated alkanes) is 8. The van der Waals surface area contributed by atoms with E-state index in [-0.39, 0.29) is 5.82 Å². The van der Waals surface area contributed by atoms with Crippen LogP contribution in [0.3, 0.4) is 0 Å². The summed E-state index contributed by atoms with van der Waals surface area (Å²) in [7, 11) is 0. The van der Waals surface area contributed by atoms with Crippen molar-refractivity contribution in [2.75, 3.05) is 6.61 Å². The molecule has 3 rings (SSSR count). The second-order valence-electron chi connectivity index (χ2n) is 9.34. The van der Waals surface area contributed by atoms with Crippen LogP contribution < -0.4 is 4.74 Å². The summed E-state index contributed by atoms with van der Waals surface area (Å²) in [6.45, 7) is 5.22. The van der Waals surface area contributed by atoms with Gasteiger partial charge in [0, 0.05) is 5.56 Å². The molecule has 0 aliphatic heterocycles. The highest BCUT2D eigenvalue weighted by Gasteiger charge is 2.08. The van der Waals surface area contributed by atoms with Crippen LogP contribution in [0.5, 0.6) is 5.75 Å². The summed E-state index contributed by atoms with van der Waals surface area (Å²) in [5.41, 5.74) is 4.83. The van der Waals surface area contributed by atoms with Gasteiger partial charge in [-0.3, -0.25) is 0 Å². The lowest BCUT2D eigenvalue weighted by Gasteiger charge is -2.10. The zero-order valence-electron chi connectivity index (χ0n) is 21.1. The van der Waals surface area contributed by atoms with E-state index in [4.69, 9.17) is 4.74 Å². The molecule has 0 aromatic heterocycles. The highest BCUT2D eigenvalue weighted by molar-refractivity contribution is 5.71. The number of halogens is 1. The first kappa shape index (κ1) is 26.0. The van der Waals surface area contributed by atoms with E-state index in [1.165, 1.54) is 63.4 Å².